The normalized spacial score (nSPS) is 30.8. The van der Waals surface area contributed by atoms with Crippen molar-refractivity contribution in [3.05, 3.63) is 23.8 Å². The number of alkyl halides is 1. The molecule has 0 radical (unpaired) electrons. The van der Waals surface area contributed by atoms with Crippen molar-refractivity contribution in [1.29, 1.82) is 0 Å². The van der Waals surface area contributed by atoms with E-state index in [-0.39, 0.29) is 11.0 Å². The van der Waals surface area contributed by atoms with Gasteiger partial charge in [-0.2, -0.15) is 0 Å². The van der Waals surface area contributed by atoms with Crippen LogP contribution >= 0.6 is 23.4 Å². The number of benzene rings is 1. The molecule has 2 aliphatic rings. The molecular weight excluding hydrogens is 260 g/mol. The van der Waals surface area contributed by atoms with Crippen LogP contribution in [0.4, 0.5) is 0 Å². The highest BCUT2D eigenvalue weighted by Crippen LogP contribution is 2.47. The topological polar surface area (TPSA) is 27.7 Å². The van der Waals surface area contributed by atoms with Crippen molar-refractivity contribution in [1.82, 2.24) is 0 Å². The van der Waals surface area contributed by atoms with E-state index in [1.807, 2.05) is 18.2 Å². The molecule has 92 valence electrons. The Kier molecular flexibility index (Phi) is 2.89. The largest absolute Gasteiger partial charge is 0.454 e. The lowest BCUT2D eigenvalue weighted by molar-refractivity contribution is 0.0130. The number of ether oxygens (including phenoxy) is 3. The monoisotopic (exact) mass is 272 g/mol. The van der Waals surface area contributed by atoms with Gasteiger partial charge in [0.2, 0.25) is 6.79 Å². The summed E-state index contributed by atoms with van der Waals surface area (Å²) < 4.78 is 16.7. The summed E-state index contributed by atoms with van der Waals surface area (Å²) in [5.41, 5.74) is 1.10. The zero-order valence-corrected chi connectivity index (χ0v) is 11.0. The summed E-state index contributed by atoms with van der Waals surface area (Å²) >= 11 is 7.61. The first-order chi connectivity index (χ1) is 8.21. The van der Waals surface area contributed by atoms with E-state index >= 15 is 0 Å². The molecule has 1 saturated heterocycles. The second kappa shape index (κ2) is 4.26. The van der Waals surface area contributed by atoms with E-state index in [1.54, 1.807) is 11.8 Å². The lowest BCUT2D eigenvalue weighted by Gasteiger charge is -2.24. The van der Waals surface area contributed by atoms with E-state index < -0.39 is 0 Å². The van der Waals surface area contributed by atoms with E-state index in [0.29, 0.717) is 12.7 Å². The molecule has 0 saturated carbocycles. The number of hydrogen-bond acceptors (Lipinski definition) is 4. The molecule has 0 amide bonds. The van der Waals surface area contributed by atoms with Crippen molar-refractivity contribution in [3.8, 4) is 11.5 Å². The minimum absolute atomic E-state index is 0.122. The van der Waals surface area contributed by atoms with Crippen LogP contribution < -0.4 is 9.47 Å². The summed E-state index contributed by atoms with van der Waals surface area (Å²) in [6.07, 6.45) is 0.122. The second-order valence-electron chi connectivity index (χ2n) is 4.22. The Morgan fingerprint density at radius 1 is 1.41 bits per heavy atom. The first-order valence-corrected chi connectivity index (χ1v) is 7.01. The quantitative estimate of drug-likeness (QED) is 0.774. The van der Waals surface area contributed by atoms with Crippen molar-refractivity contribution in [2.24, 2.45) is 0 Å². The van der Waals surface area contributed by atoms with Gasteiger partial charge in [0.25, 0.3) is 0 Å². The molecule has 3 nitrogen and oxygen atoms in total. The van der Waals surface area contributed by atoms with Crippen molar-refractivity contribution in [3.63, 3.8) is 0 Å². The molecule has 2 aliphatic heterocycles. The first kappa shape index (κ1) is 11.5. The molecule has 0 spiro atoms. The van der Waals surface area contributed by atoms with Gasteiger partial charge in [0.05, 0.1) is 6.10 Å². The fraction of sp³-hybridized carbons (Fsp3) is 0.500. The molecule has 17 heavy (non-hydrogen) atoms. The molecule has 2 atom stereocenters. The third kappa shape index (κ3) is 1.98. The minimum Gasteiger partial charge on any atom is -0.454 e. The van der Waals surface area contributed by atoms with Gasteiger partial charge >= 0.3 is 0 Å². The van der Waals surface area contributed by atoms with Gasteiger partial charge in [-0.25, -0.2) is 0 Å². The van der Waals surface area contributed by atoms with Gasteiger partial charge in [-0.1, -0.05) is 6.07 Å². The molecule has 1 aromatic rings. The molecule has 1 aromatic carbocycles. The molecule has 0 aliphatic carbocycles. The van der Waals surface area contributed by atoms with Gasteiger partial charge in [0, 0.05) is 11.6 Å². The summed E-state index contributed by atoms with van der Waals surface area (Å²) in [6.45, 7) is 2.37. The minimum atomic E-state index is -0.333. The summed E-state index contributed by atoms with van der Waals surface area (Å²) in [7, 11) is 0. The predicted octanol–water partition coefficient (Wildman–Crippen LogP) is 2.96. The first-order valence-electron chi connectivity index (χ1n) is 5.49. The Hall–Kier alpha value is -0.580. The van der Waals surface area contributed by atoms with Crippen molar-refractivity contribution in [2.45, 2.75) is 18.0 Å². The maximum atomic E-state index is 5.98. The van der Waals surface area contributed by atoms with Crippen LogP contribution in [0.5, 0.6) is 11.5 Å². The third-order valence-corrected chi connectivity index (χ3v) is 4.77. The number of halogens is 1. The lowest BCUT2D eigenvalue weighted by atomic mass is 10.1. The van der Waals surface area contributed by atoms with Gasteiger partial charge in [-0.15, -0.1) is 23.4 Å². The van der Waals surface area contributed by atoms with Crippen LogP contribution in [0.25, 0.3) is 0 Å². The Bertz CT molecular complexity index is 440. The maximum Gasteiger partial charge on any atom is 0.231 e. The van der Waals surface area contributed by atoms with Crippen LogP contribution in [-0.2, 0) is 9.67 Å². The number of rotatable bonds is 2. The number of fused-ring (bicyclic) bond motifs is 1. The Morgan fingerprint density at radius 2 is 2.24 bits per heavy atom. The molecular formula is C12H13ClO3S. The Morgan fingerprint density at radius 3 is 3.00 bits per heavy atom. The molecule has 2 heterocycles. The summed E-state index contributed by atoms with van der Waals surface area (Å²) in [5, 5.41) is 0. The van der Waals surface area contributed by atoms with Crippen LogP contribution in [0.3, 0.4) is 0 Å². The van der Waals surface area contributed by atoms with Gasteiger partial charge in [-0.3, -0.25) is 0 Å². The molecule has 5 heteroatoms. The van der Waals surface area contributed by atoms with E-state index in [2.05, 4.69) is 6.92 Å². The van der Waals surface area contributed by atoms with Gasteiger partial charge in [0.15, 0.2) is 11.5 Å². The summed E-state index contributed by atoms with van der Waals surface area (Å²) in [5.74, 6) is 3.05. The van der Waals surface area contributed by atoms with Gasteiger partial charge < -0.3 is 14.2 Å². The SMILES string of the molecule is C[C@@]1(c2ccc3c(c2)OCO3)O[C@@H](CCl)CS1. The highest BCUT2D eigenvalue weighted by Gasteiger charge is 2.38. The second-order valence-corrected chi connectivity index (χ2v) is 5.93. The zero-order chi connectivity index (χ0) is 11.9. The van der Waals surface area contributed by atoms with Crippen LogP contribution in [0.1, 0.15) is 12.5 Å². The lowest BCUT2D eigenvalue weighted by Crippen LogP contribution is -2.21. The van der Waals surface area contributed by atoms with Crippen LogP contribution in [0, 0.1) is 0 Å². The standard InChI is InChI=1S/C12H13ClO3S/c1-12(16-9(5-13)6-17-12)8-2-3-10-11(4-8)15-7-14-10/h2-4,9H,5-7H2,1H3/t9-,12+/m0/s1. The molecule has 0 aromatic heterocycles. The van der Waals surface area contributed by atoms with E-state index in [9.17, 15) is 0 Å². The smallest absolute Gasteiger partial charge is 0.231 e. The molecule has 1 fully saturated rings. The van der Waals surface area contributed by atoms with Gasteiger partial charge in [-0.05, 0) is 24.6 Å². The Balaban J connectivity index is 1.89. The molecule has 0 unspecified atom stereocenters. The number of thioether (sulfide) groups is 1. The Labute approximate surface area is 109 Å². The highest BCUT2D eigenvalue weighted by molar-refractivity contribution is 8.00. The van der Waals surface area contributed by atoms with Crippen molar-refractivity contribution in [2.75, 3.05) is 18.4 Å². The van der Waals surface area contributed by atoms with Gasteiger partial charge in [0.1, 0.15) is 4.93 Å². The fourth-order valence-electron chi connectivity index (χ4n) is 2.04. The van der Waals surface area contributed by atoms with Crippen molar-refractivity contribution >= 4 is 23.4 Å². The average Bonchev–Trinajstić information content (AvgIpc) is 2.94. The van der Waals surface area contributed by atoms with Crippen LogP contribution in [-0.4, -0.2) is 24.5 Å². The van der Waals surface area contributed by atoms with E-state index in [4.69, 9.17) is 25.8 Å². The van der Waals surface area contributed by atoms with Crippen LogP contribution in [0.2, 0.25) is 0 Å². The predicted molar refractivity (Wildman–Crippen MR) is 68.0 cm³/mol. The highest BCUT2D eigenvalue weighted by atomic mass is 35.5. The molecule has 3 rings (SSSR count). The zero-order valence-electron chi connectivity index (χ0n) is 9.44. The fourth-order valence-corrected chi connectivity index (χ4v) is 3.53. The number of hydrogen-bond donors (Lipinski definition) is 0. The molecule has 0 bridgehead atoms. The average molecular weight is 273 g/mol. The maximum absolute atomic E-state index is 5.98. The van der Waals surface area contributed by atoms with E-state index in [0.717, 1.165) is 22.8 Å². The van der Waals surface area contributed by atoms with Crippen LogP contribution in [0.15, 0.2) is 18.2 Å². The third-order valence-electron chi connectivity index (χ3n) is 3.01. The van der Waals surface area contributed by atoms with Crippen molar-refractivity contribution < 1.29 is 14.2 Å². The summed E-state index contributed by atoms with van der Waals surface area (Å²) in [4.78, 5) is -0.333. The molecule has 0 N–H and O–H groups in total. The van der Waals surface area contributed by atoms with E-state index in [1.165, 1.54) is 0 Å². The summed E-state index contributed by atoms with van der Waals surface area (Å²) in [6, 6.07) is 5.95.